The van der Waals surface area contributed by atoms with Crippen molar-refractivity contribution in [2.45, 2.75) is 31.4 Å². The first-order chi connectivity index (χ1) is 9.12. The van der Waals surface area contributed by atoms with Crippen LogP contribution in [0, 0.1) is 0 Å². The summed E-state index contributed by atoms with van der Waals surface area (Å²) in [7, 11) is 0. The SMILES string of the molecule is CCC(CC)(CNc1nc2ccc(Cl)cn2n1)SC. The van der Waals surface area contributed by atoms with Crippen molar-refractivity contribution >= 4 is 35.0 Å². The number of hydrogen-bond acceptors (Lipinski definition) is 4. The Kier molecular flexibility index (Phi) is 4.58. The third-order valence-electron chi connectivity index (χ3n) is 3.59. The lowest BCUT2D eigenvalue weighted by atomic mass is 10.0. The maximum Gasteiger partial charge on any atom is 0.243 e. The molecule has 104 valence electrons. The molecule has 0 aliphatic carbocycles. The lowest BCUT2D eigenvalue weighted by Gasteiger charge is -2.29. The number of hydrogen-bond donors (Lipinski definition) is 1. The van der Waals surface area contributed by atoms with Crippen molar-refractivity contribution in [3.05, 3.63) is 23.4 Å². The lowest BCUT2D eigenvalue weighted by Crippen LogP contribution is -2.32. The zero-order chi connectivity index (χ0) is 13.9. The van der Waals surface area contributed by atoms with E-state index in [-0.39, 0.29) is 4.75 Å². The van der Waals surface area contributed by atoms with Crippen LogP contribution in [0.1, 0.15) is 26.7 Å². The Balaban J connectivity index is 2.13. The van der Waals surface area contributed by atoms with Gasteiger partial charge in [0.15, 0.2) is 5.65 Å². The van der Waals surface area contributed by atoms with Crippen LogP contribution in [0.3, 0.4) is 0 Å². The summed E-state index contributed by atoms with van der Waals surface area (Å²) in [5.41, 5.74) is 0.801. The molecule has 0 radical (unpaired) electrons. The summed E-state index contributed by atoms with van der Waals surface area (Å²) in [6.07, 6.45) is 6.16. The van der Waals surface area contributed by atoms with Gasteiger partial charge >= 0.3 is 0 Å². The van der Waals surface area contributed by atoms with Gasteiger partial charge in [0.05, 0.1) is 5.02 Å². The maximum absolute atomic E-state index is 5.93. The summed E-state index contributed by atoms with van der Waals surface area (Å²) in [5.74, 6) is 0.655. The van der Waals surface area contributed by atoms with Crippen molar-refractivity contribution < 1.29 is 0 Å². The van der Waals surface area contributed by atoms with E-state index in [9.17, 15) is 0 Å². The van der Waals surface area contributed by atoms with Gasteiger partial charge in [-0.1, -0.05) is 25.4 Å². The Morgan fingerprint density at radius 3 is 2.74 bits per heavy atom. The van der Waals surface area contributed by atoms with Gasteiger partial charge in [-0.05, 0) is 31.2 Å². The molecule has 2 aromatic rings. The number of nitrogens with one attached hydrogen (secondary N) is 1. The highest BCUT2D eigenvalue weighted by Crippen LogP contribution is 2.30. The molecule has 19 heavy (non-hydrogen) atoms. The van der Waals surface area contributed by atoms with E-state index in [1.165, 1.54) is 0 Å². The number of fused-ring (bicyclic) bond motifs is 1. The molecule has 2 rings (SSSR count). The highest BCUT2D eigenvalue weighted by molar-refractivity contribution is 8.00. The number of anilines is 1. The first-order valence-electron chi connectivity index (χ1n) is 6.43. The monoisotopic (exact) mass is 298 g/mol. The smallest absolute Gasteiger partial charge is 0.243 e. The van der Waals surface area contributed by atoms with Gasteiger partial charge in [0.1, 0.15) is 0 Å². The lowest BCUT2D eigenvalue weighted by molar-refractivity contribution is 0.573. The van der Waals surface area contributed by atoms with Crippen molar-refractivity contribution in [3.63, 3.8) is 0 Å². The fourth-order valence-corrected chi connectivity index (χ4v) is 2.98. The van der Waals surface area contributed by atoms with E-state index in [0.717, 1.165) is 25.0 Å². The van der Waals surface area contributed by atoms with E-state index in [1.807, 2.05) is 23.9 Å². The van der Waals surface area contributed by atoms with Gasteiger partial charge in [0, 0.05) is 17.5 Å². The van der Waals surface area contributed by atoms with Crippen LogP contribution in [0.4, 0.5) is 5.95 Å². The van der Waals surface area contributed by atoms with Gasteiger partial charge in [-0.15, -0.1) is 5.10 Å². The Morgan fingerprint density at radius 1 is 1.37 bits per heavy atom. The van der Waals surface area contributed by atoms with Crippen LogP contribution in [0.15, 0.2) is 18.3 Å². The van der Waals surface area contributed by atoms with Crippen LogP contribution in [-0.4, -0.2) is 32.1 Å². The molecule has 0 aromatic carbocycles. The standard InChI is InChI=1S/C13H19ClN4S/c1-4-13(5-2,19-3)9-15-12-16-11-7-6-10(14)8-18(11)17-12/h6-8H,4-5,9H2,1-3H3,(H,15,17). The Bertz CT molecular complexity index is 542. The third kappa shape index (κ3) is 3.15. The van der Waals surface area contributed by atoms with Crippen LogP contribution in [0.25, 0.3) is 5.65 Å². The topological polar surface area (TPSA) is 42.2 Å². The maximum atomic E-state index is 5.93. The highest BCUT2D eigenvalue weighted by Gasteiger charge is 2.25. The summed E-state index contributed by atoms with van der Waals surface area (Å²) >= 11 is 7.83. The van der Waals surface area contributed by atoms with E-state index in [4.69, 9.17) is 11.6 Å². The van der Waals surface area contributed by atoms with E-state index in [1.54, 1.807) is 10.7 Å². The van der Waals surface area contributed by atoms with E-state index in [0.29, 0.717) is 11.0 Å². The largest absolute Gasteiger partial charge is 0.352 e. The normalized spacial score (nSPS) is 12.0. The molecule has 0 aliphatic heterocycles. The molecule has 0 amide bonds. The Labute approximate surface area is 122 Å². The minimum absolute atomic E-state index is 0.245. The highest BCUT2D eigenvalue weighted by atomic mass is 35.5. The predicted octanol–water partition coefficient (Wildman–Crippen LogP) is 3.72. The van der Waals surface area contributed by atoms with Crippen molar-refractivity contribution in [1.29, 1.82) is 0 Å². The third-order valence-corrected chi connectivity index (χ3v) is 5.40. The van der Waals surface area contributed by atoms with Gasteiger partial charge in [-0.3, -0.25) is 0 Å². The van der Waals surface area contributed by atoms with Crippen molar-refractivity contribution in [1.82, 2.24) is 14.6 Å². The average Bonchev–Trinajstić information content (AvgIpc) is 2.83. The van der Waals surface area contributed by atoms with Crippen LogP contribution < -0.4 is 5.32 Å². The Morgan fingerprint density at radius 2 is 2.11 bits per heavy atom. The molecule has 6 heteroatoms. The van der Waals surface area contributed by atoms with E-state index in [2.05, 4.69) is 35.5 Å². The Hall–Kier alpha value is -0.940. The van der Waals surface area contributed by atoms with Crippen molar-refractivity contribution in [3.8, 4) is 0 Å². The van der Waals surface area contributed by atoms with Crippen LogP contribution >= 0.6 is 23.4 Å². The molecule has 0 saturated heterocycles. The number of thioether (sulfide) groups is 1. The van der Waals surface area contributed by atoms with Crippen LogP contribution in [-0.2, 0) is 0 Å². The van der Waals surface area contributed by atoms with Gasteiger partial charge in [-0.2, -0.15) is 16.7 Å². The number of halogens is 1. The number of rotatable bonds is 6. The summed E-state index contributed by atoms with van der Waals surface area (Å²) in [6.45, 7) is 5.31. The van der Waals surface area contributed by atoms with Gasteiger partial charge in [0.2, 0.25) is 5.95 Å². The molecule has 0 spiro atoms. The first kappa shape index (κ1) is 14.5. The zero-order valence-electron chi connectivity index (χ0n) is 11.5. The minimum Gasteiger partial charge on any atom is -0.352 e. The van der Waals surface area contributed by atoms with Crippen LogP contribution in [0.2, 0.25) is 5.02 Å². The molecule has 0 atom stereocenters. The number of nitrogens with zero attached hydrogens (tertiary/aromatic N) is 3. The first-order valence-corrected chi connectivity index (χ1v) is 8.03. The molecule has 2 aromatic heterocycles. The molecule has 0 saturated carbocycles. The molecule has 0 bridgehead atoms. The molecule has 4 nitrogen and oxygen atoms in total. The molecule has 1 N–H and O–H groups in total. The summed E-state index contributed by atoms with van der Waals surface area (Å²) in [6, 6.07) is 3.68. The van der Waals surface area contributed by atoms with E-state index < -0.39 is 0 Å². The molecule has 0 fully saturated rings. The molecular weight excluding hydrogens is 280 g/mol. The summed E-state index contributed by atoms with van der Waals surface area (Å²) < 4.78 is 1.94. The van der Waals surface area contributed by atoms with Gasteiger partial charge in [0.25, 0.3) is 0 Å². The number of aromatic nitrogens is 3. The second-order valence-electron chi connectivity index (χ2n) is 4.53. The quantitative estimate of drug-likeness (QED) is 0.882. The second kappa shape index (κ2) is 6.01. The van der Waals surface area contributed by atoms with Crippen molar-refractivity contribution in [2.24, 2.45) is 0 Å². The summed E-state index contributed by atoms with van der Waals surface area (Å²) in [5, 5.41) is 8.38. The van der Waals surface area contributed by atoms with Gasteiger partial charge in [-0.25, -0.2) is 4.52 Å². The fourth-order valence-electron chi connectivity index (χ4n) is 2.03. The van der Waals surface area contributed by atoms with Crippen molar-refractivity contribution in [2.75, 3.05) is 18.1 Å². The van der Waals surface area contributed by atoms with Crippen LogP contribution in [0.5, 0.6) is 0 Å². The molecular formula is C13H19ClN4S. The van der Waals surface area contributed by atoms with E-state index >= 15 is 0 Å². The molecule has 2 heterocycles. The fraction of sp³-hybridized carbons (Fsp3) is 0.538. The second-order valence-corrected chi connectivity index (χ2v) is 6.24. The van der Waals surface area contributed by atoms with Gasteiger partial charge < -0.3 is 5.32 Å². The molecule has 0 aliphatic rings. The summed E-state index contributed by atoms with van der Waals surface area (Å²) in [4.78, 5) is 4.43. The minimum atomic E-state index is 0.245. The predicted molar refractivity (Wildman–Crippen MR) is 83.3 cm³/mol. The number of pyridine rings is 1. The zero-order valence-corrected chi connectivity index (χ0v) is 13.1. The average molecular weight is 299 g/mol. The molecule has 0 unspecified atom stereocenters.